The van der Waals surface area contributed by atoms with Crippen molar-refractivity contribution in [1.29, 1.82) is 0 Å². The largest absolute Gasteiger partial charge is 0.454 e. The van der Waals surface area contributed by atoms with E-state index in [9.17, 15) is 24.0 Å². The highest BCUT2D eigenvalue weighted by molar-refractivity contribution is 6.22. The Morgan fingerprint density at radius 1 is 0.909 bits per heavy atom. The number of nitrogens with one attached hydrogen (secondary N) is 1. The van der Waals surface area contributed by atoms with Gasteiger partial charge in [0.05, 0.1) is 22.5 Å². The van der Waals surface area contributed by atoms with E-state index in [0.717, 1.165) is 4.90 Å². The summed E-state index contributed by atoms with van der Waals surface area (Å²) in [4.78, 5) is 62.7. The smallest absolute Gasteiger partial charge is 0.326 e. The van der Waals surface area contributed by atoms with Gasteiger partial charge in [0.2, 0.25) is 0 Å². The van der Waals surface area contributed by atoms with E-state index in [2.05, 4.69) is 5.32 Å². The van der Waals surface area contributed by atoms with Crippen LogP contribution in [0.2, 0.25) is 0 Å². The first kappa shape index (κ1) is 21.8. The first-order valence-corrected chi connectivity index (χ1v) is 10.0. The molecular formula is C23H20N4O6. The summed E-state index contributed by atoms with van der Waals surface area (Å²) in [5.74, 6) is -2.85. The van der Waals surface area contributed by atoms with Gasteiger partial charge in [0.25, 0.3) is 23.3 Å². The molecule has 0 radical (unpaired) electrons. The topological polar surface area (TPSA) is 120 Å². The molecule has 2 aromatic carbocycles. The molecule has 1 aliphatic heterocycles. The van der Waals surface area contributed by atoms with Crippen molar-refractivity contribution in [3.8, 4) is 5.69 Å². The number of anilines is 1. The number of carbonyl (C=O) groups is 4. The highest BCUT2D eigenvalue weighted by Crippen LogP contribution is 2.22. The van der Waals surface area contributed by atoms with Crippen molar-refractivity contribution >= 4 is 29.4 Å². The van der Waals surface area contributed by atoms with E-state index >= 15 is 0 Å². The van der Waals surface area contributed by atoms with Crippen LogP contribution in [0, 0.1) is 6.92 Å². The van der Waals surface area contributed by atoms with Crippen molar-refractivity contribution < 1.29 is 23.9 Å². The summed E-state index contributed by atoms with van der Waals surface area (Å²) in [5, 5.41) is 2.47. The lowest BCUT2D eigenvalue weighted by molar-refractivity contribution is -0.147. The molecule has 4 rings (SSSR count). The van der Waals surface area contributed by atoms with Gasteiger partial charge in [-0.25, -0.2) is 4.68 Å². The number of nitrogens with zero attached hydrogens (tertiary/aromatic N) is 3. The second-order valence-electron chi connectivity index (χ2n) is 7.39. The van der Waals surface area contributed by atoms with Crippen molar-refractivity contribution in [1.82, 2.24) is 14.3 Å². The number of hydrogen-bond donors (Lipinski definition) is 1. The van der Waals surface area contributed by atoms with E-state index in [4.69, 9.17) is 4.74 Å². The number of amides is 3. The second kappa shape index (κ2) is 8.58. The van der Waals surface area contributed by atoms with Crippen LogP contribution < -0.4 is 10.9 Å². The number of rotatable bonds is 6. The molecule has 1 aromatic heterocycles. The summed E-state index contributed by atoms with van der Waals surface area (Å²) >= 11 is 0. The Bertz CT molecular complexity index is 1300. The van der Waals surface area contributed by atoms with Crippen LogP contribution >= 0.6 is 0 Å². The number of ether oxygens (including phenoxy) is 1. The lowest BCUT2D eigenvalue weighted by atomic mass is 10.1. The Morgan fingerprint density at radius 3 is 2.09 bits per heavy atom. The third-order valence-electron chi connectivity index (χ3n) is 5.35. The Morgan fingerprint density at radius 2 is 1.48 bits per heavy atom. The summed E-state index contributed by atoms with van der Waals surface area (Å²) < 4.78 is 7.92. The van der Waals surface area contributed by atoms with Gasteiger partial charge in [-0.3, -0.25) is 33.6 Å². The van der Waals surface area contributed by atoms with E-state index in [1.165, 1.54) is 16.8 Å². The standard InChI is InChI=1S/C23H20N4O6/c1-14-20(23(32)27(25(14)2)15-8-4-3-5-9-15)24-18(28)13-33-19(29)12-26-21(30)16-10-6-7-11-17(16)22(26)31/h3-11H,12-13H2,1-2H3,(H,24,28). The summed E-state index contributed by atoms with van der Waals surface area (Å²) in [6.45, 7) is 0.372. The maximum absolute atomic E-state index is 12.8. The molecule has 33 heavy (non-hydrogen) atoms. The minimum Gasteiger partial charge on any atom is -0.454 e. The number of para-hydroxylation sites is 1. The van der Waals surface area contributed by atoms with Crippen molar-refractivity contribution in [3.05, 3.63) is 81.8 Å². The Balaban J connectivity index is 1.39. The van der Waals surface area contributed by atoms with E-state index in [0.29, 0.717) is 11.4 Å². The average molecular weight is 448 g/mol. The highest BCUT2D eigenvalue weighted by atomic mass is 16.5. The second-order valence-corrected chi connectivity index (χ2v) is 7.39. The zero-order chi connectivity index (χ0) is 23.7. The van der Waals surface area contributed by atoms with Crippen LogP contribution in [0.3, 0.4) is 0 Å². The van der Waals surface area contributed by atoms with Gasteiger partial charge in [-0.15, -0.1) is 0 Å². The van der Waals surface area contributed by atoms with Crippen LogP contribution in [0.15, 0.2) is 59.4 Å². The molecule has 0 atom stereocenters. The maximum Gasteiger partial charge on any atom is 0.326 e. The molecule has 168 valence electrons. The zero-order valence-corrected chi connectivity index (χ0v) is 17.9. The number of aromatic nitrogens is 2. The number of imide groups is 1. The normalized spacial score (nSPS) is 12.6. The number of carbonyl (C=O) groups excluding carboxylic acids is 4. The van der Waals surface area contributed by atoms with Crippen molar-refractivity contribution in [2.45, 2.75) is 6.92 Å². The maximum atomic E-state index is 12.8. The summed E-state index contributed by atoms with van der Waals surface area (Å²) in [5.41, 5.74) is 1.18. The quantitative estimate of drug-likeness (QED) is 0.448. The van der Waals surface area contributed by atoms with Gasteiger partial charge < -0.3 is 10.1 Å². The fourth-order valence-electron chi connectivity index (χ4n) is 3.59. The van der Waals surface area contributed by atoms with Crippen LogP contribution in [0.5, 0.6) is 0 Å². The fourth-order valence-corrected chi connectivity index (χ4v) is 3.59. The predicted octanol–water partition coefficient (Wildman–Crippen LogP) is 1.26. The van der Waals surface area contributed by atoms with E-state index in [1.807, 2.05) is 6.07 Å². The molecule has 2 heterocycles. The number of hydrogen-bond acceptors (Lipinski definition) is 6. The van der Waals surface area contributed by atoms with Gasteiger partial charge in [-0.1, -0.05) is 30.3 Å². The molecule has 0 spiro atoms. The number of esters is 1. The highest BCUT2D eigenvalue weighted by Gasteiger charge is 2.36. The fraction of sp³-hybridized carbons (Fsp3) is 0.174. The van der Waals surface area contributed by atoms with Gasteiger partial charge in [0.15, 0.2) is 6.61 Å². The molecular weight excluding hydrogens is 428 g/mol. The SMILES string of the molecule is Cc1c(NC(=O)COC(=O)CN2C(=O)c3ccccc3C2=O)c(=O)n(-c2ccccc2)n1C. The van der Waals surface area contributed by atoms with Gasteiger partial charge in [-0.05, 0) is 31.2 Å². The average Bonchev–Trinajstić information content (AvgIpc) is 3.18. The summed E-state index contributed by atoms with van der Waals surface area (Å²) in [6, 6.07) is 15.1. The molecule has 0 unspecified atom stereocenters. The Hall–Kier alpha value is -4.47. The van der Waals surface area contributed by atoms with Gasteiger partial charge in [0, 0.05) is 7.05 Å². The molecule has 10 nitrogen and oxygen atoms in total. The molecule has 0 aliphatic carbocycles. The summed E-state index contributed by atoms with van der Waals surface area (Å²) in [7, 11) is 1.68. The van der Waals surface area contributed by atoms with Crippen LogP contribution in [0.4, 0.5) is 5.69 Å². The molecule has 1 N–H and O–H groups in total. The molecule has 10 heteroatoms. The van der Waals surface area contributed by atoms with Crippen molar-refractivity contribution in [2.24, 2.45) is 7.05 Å². The zero-order valence-electron chi connectivity index (χ0n) is 17.9. The number of benzene rings is 2. The van der Waals surface area contributed by atoms with Crippen molar-refractivity contribution in [2.75, 3.05) is 18.5 Å². The van der Waals surface area contributed by atoms with Crippen LogP contribution in [-0.4, -0.2) is 51.1 Å². The Labute approximate surface area is 188 Å². The predicted molar refractivity (Wildman–Crippen MR) is 117 cm³/mol. The minimum absolute atomic E-state index is 0.0581. The minimum atomic E-state index is -0.925. The molecule has 0 saturated carbocycles. The number of fused-ring (bicyclic) bond motifs is 1. The van der Waals surface area contributed by atoms with Crippen LogP contribution in [-0.2, 0) is 21.4 Å². The van der Waals surface area contributed by atoms with E-state index in [1.54, 1.807) is 55.1 Å². The summed E-state index contributed by atoms with van der Waals surface area (Å²) in [6.07, 6.45) is 0. The van der Waals surface area contributed by atoms with Gasteiger partial charge in [-0.2, -0.15) is 0 Å². The first-order chi connectivity index (χ1) is 15.8. The monoisotopic (exact) mass is 448 g/mol. The Kier molecular flexibility index (Phi) is 5.65. The molecule has 0 saturated heterocycles. The lowest BCUT2D eigenvalue weighted by Crippen LogP contribution is -2.36. The molecule has 1 aliphatic rings. The lowest BCUT2D eigenvalue weighted by Gasteiger charge is -2.12. The third-order valence-corrected chi connectivity index (χ3v) is 5.35. The van der Waals surface area contributed by atoms with E-state index < -0.39 is 42.4 Å². The molecule has 3 amide bonds. The van der Waals surface area contributed by atoms with Gasteiger partial charge in [0.1, 0.15) is 12.2 Å². The van der Waals surface area contributed by atoms with Gasteiger partial charge >= 0.3 is 5.97 Å². The molecule has 0 bridgehead atoms. The molecule has 0 fully saturated rings. The first-order valence-electron chi connectivity index (χ1n) is 10.0. The van der Waals surface area contributed by atoms with Crippen molar-refractivity contribution in [3.63, 3.8) is 0 Å². The van der Waals surface area contributed by atoms with Crippen LogP contribution in [0.25, 0.3) is 5.69 Å². The molecule has 3 aromatic rings. The van der Waals surface area contributed by atoms with Crippen LogP contribution in [0.1, 0.15) is 26.4 Å². The van der Waals surface area contributed by atoms with E-state index in [-0.39, 0.29) is 16.8 Å². The third kappa shape index (κ3) is 3.93.